The maximum absolute atomic E-state index is 11.7. The molecule has 0 aromatic rings. The minimum atomic E-state index is -0.913. The third-order valence-corrected chi connectivity index (χ3v) is 3.05. The zero-order valence-electron chi connectivity index (χ0n) is 10.3. The summed E-state index contributed by atoms with van der Waals surface area (Å²) in [5.41, 5.74) is 0.0379. The summed E-state index contributed by atoms with van der Waals surface area (Å²) in [7, 11) is 0. The second kappa shape index (κ2) is 5.28. The SMILES string of the molecule is CCCC/C=C1\CC1(C(C)=O)C(=O)OCC. The molecule has 16 heavy (non-hydrogen) atoms. The first-order valence-electron chi connectivity index (χ1n) is 5.97. The van der Waals surface area contributed by atoms with Gasteiger partial charge in [0, 0.05) is 0 Å². The minimum absolute atomic E-state index is 0.0892. The Balaban J connectivity index is 2.69. The zero-order chi connectivity index (χ0) is 12.2. The van der Waals surface area contributed by atoms with Crippen molar-refractivity contribution in [2.24, 2.45) is 5.41 Å². The van der Waals surface area contributed by atoms with E-state index in [-0.39, 0.29) is 11.8 Å². The van der Waals surface area contributed by atoms with E-state index in [1.54, 1.807) is 6.92 Å². The molecule has 3 heteroatoms. The summed E-state index contributed by atoms with van der Waals surface area (Å²) in [4.78, 5) is 23.3. The molecule has 1 aliphatic carbocycles. The second-order valence-electron chi connectivity index (χ2n) is 4.23. The van der Waals surface area contributed by atoms with E-state index in [1.807, 2.05) is 6.08 Å². The molecular weight excluding hydrogens is 204 g/mol. The van der Waals surface area contributed by atoms with E-state index >= 15 is 0 Å². The van der Waals surface area contributed by atoms with Crippen molar-refractivity contribution in [3.05, 3.63) is 11.6 Å². The number of ketones is 1. The van der Waals surface area contributed by atoms with Crippen molar-refractivity contribution in [1.82, 2.24) is 0 Å². The first-order valence-corrected chi connectivity index (χ1v) is 5.97. The fraction of sp³-hybridized carbons (Fsp3) is 0.692. The lowest BCUT2D eigenvalue weighted by Crippen LogP contribution is -2.26. The average Bonchev–Trinajstić information content (AvgIpc) is 2.94. The van der Waals surface area contributed by atoms with E-state index in [4.69, 9.17) is 4.74 Å². The molecule has 1 rings (SSSR count). The summed E-state index contributed by atoms with van der Waals surface area (Å²) in [6, 6.07) is 0. The van der Waals surface area contributed by atoms with Crippen LogP contribution in [-0.2, 0) is 14.3 Å². The number of allylic oxidation sites excluding steroid dienone is 1. The molecule has 1 fully saturated rings. The molecule has 0 bridgehead atoms. The highest BCUT2D eigenvalue weighted by molar-refractivity contribution is 6.11. The van der Waals surface area contributed by atoms with Crippen molar-refractivity contribution in [1.29, 1.82) is 0 Å². The number of hydrogen-bond donors (Lipinski definition) is 0. The van der Waals surface area contributed by atoms with Crippen molar-refractivity contribution < 1.29 is 14.3 Å². The monoisotopic (exact) mass is 224 g/mol. The molecule has 0 aromatic carbocycles. The van der Waals surface area contributed by atoms with Gasteiger partial charge in [-0.2, -0.15) is 0 Å². The lowest BCUT2D eigenvalue weighted by molar-refractivity contribution is -0.152. The Kier molecular flexibility index (Phi) is 4.27. The van der Waals surface area contributed by atoms with Crippen LogP contribution in [0, 0.1) is 5.41 Å². The summed E-state index contributed by atoms with van der Waals surface area (Å²) in [5.74, 6) is -0.459. The number of esters is 1. The van der Waals surface area contributed by atoms with E-state index in [1.165, 1.54) is 6.92 Å². The molecule has 0 amide bonds. The molecule has 1 aliphatic rings. The van der Waals surface area contributed by atoms with E-state index in [0.29, 0.717) is 13.0 Å². The van der Waals surface area contributed by atoms with Gasteiger partial charge in [0.05, 0.1) is 6.61 Å². The Hall–Kier alpha value is -1.12. The summed E-state index contributed by atoms with van der Waals surface area (Å²) >= 11 is 0. The molecule has 0 aliphatic heterocycles. The van der Waals surface area contributed by atoms with E-state index in [2.05, 4.69) is 6.92 Å². The summed E-state index contributed by atoms with van der Waals surface area (Å²) < 4.78 is 4.97. The smallest absolute Gasteiger partial charge is 0.324 e. The van der Waals surface area contributed by atoms with Crippen LogP contribution < -0.4 is 0 Å². The minimum Gasteiger partial charge on any atom is -0.465 e. The van der Waals surface area contributed by atoms with Gasteiger partial charge in [0.1, 0.15) is 0 Å². The predicted molar refractivity (Wildman–Crippen MR) is 62.0 cm³/mol. The lowest BCUT2D eigenvalue weighted by atomic mass is 10.0. The highest BCUT2D eigenvalue weighted by Gasteiger charge is 2.60. The molecule has 0 radical (unpaired) electrons. The van der Waals surface area contributed by atoms with Gasteiger partial charge in [0.25, 0.3) is 0 Å². The number of rotatable bonds is 6. The normalized spacial score (nSPS) is 25.6. The fourth-order valence-corrected chi connectivity index (χ4v) is 1.92. The Bertz CT molecular complexity index is 317. The van der Waals surface area contributed by atoms with Crippen molar-refractivity contribution in [2.75, 3.05) is 6.61 Å². The number of ether oxygens (including phenoxy) is 1. The Labute approximate surface area is 96.9 Å². The number of Topliss-reactive ketones (excluding diaryl/α,β-unsaturated/α-hetero) is 1. The Morgan fingerprint density at radius 1 is 1.44 bits per heavy atom. The second-order valence-corrected chi connectivity index (χ2v) is 4.23. The van der Waals surface area contributed by atoms with Crippen LogP contribution >= 0.6 is 0 Å². The Morgan fingerprint density at radius 2 is 2.12 bits per heavy atom. The third kappa shape index (κ3) is 2.34. The first-order chi connectivity index (χ1) is 7.59. The van der Waals surface area contributed by atoms with Crippen LogP contribution in [0.15, 0.2) is 11.6 Å². The van der Waals surface area contributed by atoms with Gasteiger partial charge in [-0.25, -0.2) is 0 Å². The molecular formula is C13H20O3. The number of hydrogen-bond acceptors (Lipinski definition) is 3. The molecule has 90 valence electrons. The summed E-state index contributed by atoms with van der Waals surface area (Å²) in [6.45, 7) is 5.68. The van der Waals surface area contributed by atoms with E-state index in [0.717, 1.165) is 24.8 Å². The topological polar surface area (TPSA) is 43.4 Å². The average molecular weight is 224 g/mol. The largest absolute Gasteiger partial charge is 0.465 e. The van der Waals surface area contributed by atoms with Gasteiger partial charge in [-0.05, 0) is 32.3 Å². The number of carbonyl (C=O) groups excluding carboxylic acids is 2. The zero-order valence-corrected chi connectivity index (χ0v) is 10.3. The van der Waals surface area contributed by atoms with Gasteiger partial charge >= 0.3 is 5.97 Å². The van der Waals surface area contributed by atoms with Crippen LogP contribution in [-0.4, -0.2) is 18.4 Å². The van der Waals surface area contributed by atoms with Crippen molar-refractivity contribution in [2.45, 2.75) is 46.5 Å². The van der Waals surface area contributed by atoms with Crippen molar-refractivity contribution >= 4 is 11.8 Å². The van der Waals surface area contributed by atoms with Crippen LogP contribution in [0.5, 0.6) is 0 Å². The van der Waals surface area contributed by atoms with Crippen LogP contribution in [0.2, 0.25) is 0 Å². The van der Waals surface area contributed by atoms with Gasteiger partial charge in [0.2, 0.25) is 0 Å². The molecule has 1 unspecified atom stereocenters. The highest BCUT2D eigenvalue weighted by atomic mass is 16.5. The van der Waals surface area contributed by atoms with Crippen molar-refractivity contribution in [3.8, 4) is 0 Å². The summed E-state index contributed by atoms with van der Waals surface area (Å²) in [5, 5.41) is 0. The molecule has 0 heterocycles. The highest BCUT2D eigenvalue weighted by Crippen LogP contribution is 2.54. The van der Waals surface area contributed by atoms with Gasteiger partial charge in [0.15, 0.2) is 11.2 Å². The van der Waals surface area contributed by atoms with E-state index < -0.39 is 5.41 Å². The van der Waals surface area contributed by atoms with Gasteiger partial charge in [-0.3, -0.25) is 9.59 Å². The molecule has 1 atom stereocenters. The van der Waals surface area contributed by atoms with Crippen LogP contribution in [0.4, 0.5) is 0 Å². The molecule has 1 saturated carbocycles. The number of unbranched alkanes of at least 4 members (excludes halogenated alkanes) is 2. The number of carbonyl (C=O) groups is 2. The van der Waals surface area contributed by atoms with Crippen LogP contribution in [0.25, 0.3) is 0 Å². The van der Waals surface area contributed by atoms with E-state index in [9.17, 15) is 9.59 Å². The molecule has 0 spiro atoms. The quantitative estimate of drug-likeness (QED) is 0.301. The molecule has 3 nitrogen and oxygen atoms in total. The van der Waals surface area contributed by atoms with Crippen LogP contribution in [0.1, 0.15) is 46.5 Å². The Morgan fingerprint density at radius 3 is 2.62 bits per heavy atom. The van der Waals surface area contributed by atoms with Crippen LogP contribution in [0.3, 0.4) is 0 Å². The fourth-order valence-electron chi connectivity index (χ4n) is 1.92. The van der Waals surface area contributed by atoms with Gasteiger partial charge < -0.3 is 4.74 Å². The summed E-state index contributed by atoms with van der Waals surface area (Å²) in [6.07, 6.45) is 5.75. The van der Waals surface area contributed by atoms with Gasteiger partial charge in [-0.15, -0.1) is 0 Å². The molecule has 0 aromatic heterocycles. The maximum atomic E-state index is 11.7. The maximum Gasteiger partial charge on any atom is 0.324 e. The lowest BCUT2D eigenvalue weighted by Gasteiger charge is -2.09. The third-order valence-electron chi connectivity index (χ3n) is 3.05. The van der Waals surface area contributed by atoms with Crippen molar-refractivity contribution in [3.63, 3.8) is 0 Å². The molecule has 0 N–H and O–H groups in total. The van der Waals surface area contributed by atoms with Gasteiger partial charge in [-0.1, -0.05) is 25.8 Å². The standard InChI is InChI=1S/C13H20O3/c1-4-6-7-8-11-9-13(11,10(3)14)12(15)16-5-2/h8H,4-7,9H2,1-3H3/b11-8+. The predicted octanol–water partition coefficient (Wildman–Crippen LogP) is 2.65. The first kappa shape index (κ1) is 12.9. The molecule has 0 saturated heterocycles.